The summed E-state index contributed by atoms with van der Waals surface area (Å²) in [5.74, 6) is 0.937. The lowest BCUT2D eigenvalue weighted by molar-refractivity contribution is 0.594. The van der Waals surface area contributed by atoms with E-state index in [1.54, 1.807) is 0 Å². The molecule has 0 aliphatic heterocycles. The standard InChI is InChI=1S/C16H26N2/c1-4-17-13(3)15-8-6-7-9-16(15)18(5-2)12-14-10-11-14/h6-9,13-14,17H,4-5,10-12H2,1-3H3. The minimum Gasteiger partial charge on any atom is -0.371 e. The van der Waals surface area contributed by atoms with Crippen molar-refractivity contribution in [1.82, 2.24) is 5.32 Å². The summed E-state index contributed by atoms with van der Waals surface area (Å²) in [5, 5.41) is 3.52. The maximum absolute atomic E-state index is 3.52. The Morgan fingerprint density at radius 2 is 2.00 bits per heavy atom. The molecule has 1 N–H and O–H groups in total. The molecule has 18 heavy (non-hydrogen) atoms. The molecule has 1 aliphatic carbocycles. The molecule has 0 heterocycles. The Hall–Kier alpha value is -1.02. The Morgan fingerprint density at radius 3 is 2.61 bits per heavy atom. The Kier molecular flexibility index (Phi) is 4.65. The molecule has 2 rings (SSSR count). The molecular weight excluding hydrogens is 220 g/mol. The molecule has 0 saturated heterocycles. The molecule has 0 bridgehead atoms. The van der Waals surface area contributed by atoms with Gasteiger partial charge in [-0.25, -0.2) is 0 Å². The lowest BCUT2D eigenvalue weighted by Crippen LogP contribution is -2.28. The van der Waals surface area contributed by atoms with Crippen LogP contribution in [-0.2, 0) is 0 Å². The van der Waals surface area contributed by atoms with Crippen LogP contribution in [-0.4, -0.2) is 19.6 Å². The van der Waals surface area contributed by atoms with Crippen LogP contribution in [0.4, 0.5) is 5.69 Å². The first-order chi connectivity index (χ1) is 8.76. The van der Waals surface area contributed by atoms with E-state index >= 15 is 0 Å². The maximum atomic E-state index is 3.52. The van der Waals surface area contributed by atoms with E-state index in [0.717, 1.165) is 19.0 Å². The fourth-order valence-electron chi connectivity index (χ4n) is 2.57. The van der Waals surface area contributed by atoms with E-state index in [2.05, 4.69) is 55.3 Å². The minimum atomic E-state index is 0.430. The second-order valence-electron chi connectivity index (χ2n) is 5.32. The van der Waals surface area contributed by atoms with Crippen LogP contribution < -0.4 is 10.2 Å². The number of nitrogens with one attached hydrogen (secondary N) is 1. The highest BCUT2D eigenvalue weighted by molar-refractivity contribution is 5.55. The molecule has 1 aliphatic rings. The van der Waals surface area contributed by atoms with Crippen molar-refractivity contribution in [2.75, 3.05) is 24.5 Å². The highest BCUT2D eigenvalue weighted by atomic mass is 15.1. The van der Waals surface area contributed by atoms with Gasteiger partial charge in [0.1, 0.15) is 0 Å². The summed E-state index contributed by atoms with van der Waals surface area (Å²) in [4.78, 5) is 2.54. The summed E-state index contributed by atoms with van der Waals surface area (Å²) in [6, 6.07) is 9.28. The van der Waals surface area contributed by atoms with Crippen molar-refractivity contribution in [1.29, 1.82) is 0 Å². The normalized spacial score (nSPS) is 16.6. The highest BCUT2D eigenvalue weighted by Crippen LogP contribution is 2.33. The average molecular weight is 246 g/mol. The molecule has 0 amide bonds. The van der Waals surface area contributed by atoms with Crippen LogP contribution in [0.5, 0.6) is 0 Å². The molecule has 0 radical (unpaired) electrons. The number of anilines is 1. The van der Waals surface area contributed by atoms with Crippen LogP contribution in [0.3, 0.4) is 0 Å². The third kappa shape index (κ3) is 3.26. The van der Waals surface area contributed by atoms with E-state index in [0.29, 0.717) is 6.04 Å². The predicted molar refractivity (Wildman–Crippen MR) is 79.1 cm³/mol. The van der Waals surface area contributed by atoms with Gasteiger partial charge in [-0.15, -0.1) is 0 Å². The zero-order valence-electron chi connectivity index (χ0n) is 11.9. The van der Waals surface area contributed by atoms with Gasteiger partial charge in [-0.3, -0.25) is 0 Å². The number of nitrogens with zero attached hydrogens (tertiary/aromatic N) is 1. The Labute approximate surface area is 111 Å². The summed E-state index contributed by atoms with van der Waals surface area (Å²) in [5.41, 5.74) is 2.85. The third-order valence-electron chi connectivity index (χ3n) is 3.81. The lowest BCUT2D eigenvalue weighted by Gasteiger charge is -2.28. The number of para-hydroxylation sites is 1. The molecule has 1 unspecified atom stereocenters. The fraction of sp³-hybridized carbons (Fsp3) is 0.625. The Bertz CT molecular complexity index is 371. The quantitative estimate of drug-likeness (QED) is 0.791. The molecule has 100 valence electrons. The van der Waals surface area contributed by atoms with Gasteiger partial charge in [0.2, 0.25) is 0 Å². The molecule has 1 aromatic carbocycles. The highest BCUT2D eigenvalue weighted by Gasteiger charge is 2.25. The zero-order valence-corrected chi connectivity index (χ0v) is 11.9. The first-order valence-electron chi connectivity index (χ1n) is 7.33. The zero-order chi connectivity index (χ0) is 13.0. The molecule has 2 nitrogen and oxygen atoms in total. The van der Waals surface area contributed by atoms with Crippen LogP contribution in [0.15, 0.2) is 24.3 Å². The SMILES string of the molecule is CCNC(C)c1ccccc1N(CC)CC1CC1. The molecule has 0 spiro atoms. The van der Waals surface area contributed by atoms with Crippen molar-refractivity contribution in [2.45, 2.75) is 39.7 Å². The van der Waals surface area contributed by atoms with Gasteiger partial charge >= 0.3 is 0 Å². The van der Waals surface area contributed by atoms with Crippen LogP contribution in [0.25, 0.3) is 0 Å². The maximum Gasteiger partial charge on any atom is 0.0414 e. The topological polar surface area (TPSA) is 15.3 Å². The summed E-state index contributed by atoms with van der Waals surface area (Å²) < 4.78 is 0. The third-order valence-corrected chi connectivity index (χ3v) is 3.81. The number of hydrogen-bond donors (Lipinski definition) is 1. The van der Waals surface area contributed by atoms with E-state index in [1.165, 1.54) is 30.6 Å². The average Bonchev–Trinajstić information content (AvgIpc) is 3.20. The molecule has 1 saturated carbocycles. The lowest BCUT2D eigenvalue weighted by atomic mass is 10.0. The first-order valence-corrected chi connectivity index (χ1v) is 7.33. The van der Waals surface area contributed by atoms with Crippen molar-refractivity contribution < 1.29 is 0 Å². The minimum absolute atomic E-state index is 0.430. The van der Waals surface area contributed by atoms with Gasteiger partial charge in [-0.2, -0.15) is 0 Å². The van der Waals surface area contributed by atoms with Gasteiger partial charge in [0.25, 0.3) is 0 Å². The molecule has 1 fully saturated rings. The van der Waals surface area contributed by atoms with E-state index in [1.807, 2.05) is 0 Å². The van der Waals surface area contributed by atoms with Gasteiger partial charge in [0, 0.05) is 24.8 Å². The molecule has 0 aromatic heterocycles. The fourth-order valence-corrected chi connectivity index (χ4v) is 2.57. The van der Waals surface area contributed by atoms with E-state index in [4.69, 9.17) is 0 Å². The summed E-state index contributed by atoms with van der Waals surface area (Å²) in [6.07, 6.45) is 2.84. The molecule has 2 heteroatoms. The predicted octanol–water partition coefficient (Wildman–Crippen LogP) is 3.59. The van der Waals surface area contributed by atoms with Crippen molar-refractivity contribution in [3.8, 4) is 0 Å². The molecule has 1 aromatic rings. The van der Waals surface area contributed by atoms with Crippen molar-refractivity contribution in [3.05, 3.63) is 29.8 Å². The summed E-state index contributed by atoms with van der Waals surface area (Å²) in [7, 11) is 0. The van der Waals surface area contributed by atoms with Crippen molar-refractivity contribution in [2.24, 2.45) is 5.92 Å². The second-order valence-corrected chi connectivity index (χ2v) is 5.32. The molecule has 1 atom stereocenters. The first kappa shape index (κ1) is 13.4. The van der Waals surface area contributed by atoms with Crippen LogP contribution in [0.2, 0.25) is 0 Å². The Morgan fingerprint density at radius 1 is 1.28 bits per heavy atom. The van der Waals surface area contributed by atoms with Crippen molar-refractivity contribution >= 4 is 5.69 Å². The van der Waals surface area contributed by atoms with Crippen molar-refractivity contribution in [3.63, 3.8) is 0 Å². The van der Waals surface area contributed by atoms with Gasteiger partial charge in [0.15, 0.2) is 0 Å². The Balaban J connectivity index is 2.18. The second kappa shape index (κ2) is 6.24. The van der Waals surface area contributed by atoms with Gasteiger partial charge in [-0.05, 0) is 50.8 Å². The van der Waals surface area contributed by atoms with Crippen LogP contribution >= 0.6 is 0 Å². The van der Waals surface area contributed by atoms with Crippen LogP contribution in [0.1, 0.15) is 45.2 Å². The molecular formula is C16H26N2. The van der Waals surface area contributed by atoms with Gasteiger partial charge in [0.05, 0.1) is 0 Å². The number of rotatable bonds is 7. The van der Waals surface area contributed by atoms with Gasteiger partial charge in [-0.1, -0.05) is 25.1 Å². The monoisotopic (exact) mass is 246 g/mol. The smallest absolute Gasteiger partial charge is 0.0414 e. The van der Waals surface area contributed by atoms with E-state index in [9.17, 15) is 0 Å². The largest absolute Gasteiger partial charge is 0.371 e. The number of hydrogen-bond acceptors (Lipinski definition) is 2. The summed E-state index contributed by atoms with van der Waals surface area (Å²) >= 11 is 0. The number of benzene rings is 1. The van der Waals surface area contributed by atoms with E-state index < -0.39 is 0 Å². The summed E-state index contributed by atoms with van der Waals surface area (Å²) in [6.45, 7) is 10.0. The van der Waals surface area contributed by atoms with E-state index in [-0.39, 0.29) is 0 Å². The van der Waals surface area contributed by atoms with Crippen LogP contribution in [0, 0.1) is 5.92 Å². The van der Waals surface area contributed by atoms with Gasteiger partial charge < -0.3 is 10.2 Å².